The van der Waals surface area contributed by atoms with Gasteiger partial charge in [0.15, 0.2) is 0 Å². The van der Waals surface area contributed by atoms with Gasteiger partial charge in [-0.2, -0.15) is 0 Å². The Morgan fingerprint density at radius 3 is 2.78 bits per heavy atom. The second-order valence-electron chi connectivity index (χ2n) is 3.60. The monoisotopic (exact) mass is 264 g/mol. The molecule has 2 N–H and O–H groups in total. The van der Waals surface area contributed by atoms with Gasteiger partial charge in [0.25, 0.3) is 0 Å². The van der Waals surface area contributed by atoms with Crippen molar-refractivity contribution in [3.05, 3.63) is 30.1 Å². The molecule has 2 rings (SSSR count). The number of hydrogen-bond donors (Lipinski definition) is 2. The number of aromatic carboxylic acids is 1. The Hall–Kier alpha value is -1.66. The van der Waals surface area contributed by atoms with E-state index < -0.39 is 5.97 Å². The summed E-state index contributed by atoms with van der Waals surface area (Å²) in [6, 6.07) is 7.30. The molecule has 0 bridgehead atoms. The lowest BCUT2D eigenvalue weighted by Gasteiger charge is -2.05. The molecule has 0 atom stereocenters. The van der Waals surface area contributed by atoms with Crippen LogP contribution in [-0.4, -0.2) is 38.5 Å². The highest BCUT2D eigenvalue weighted by molar-refractivity contribution is 7.99. The summed E-state index contributed by atoms with van der Waals surface area (Å²) in [6.07, 6.45) is 0.644. The molecule has 1 aromatic carbocycles. The van der Waals surface area contributed by atoms with Gasteiger partial charge in [-0.3, -0.25) is 0 Å². The van der Waals surface area contributed by atoms with Crippen molar-refractivity contribution >= 4 is 28.6 Å². The van der Waals surface area contributed by atoms with Gasteiger partial charge in [0.2, 0.25) is 5.82 Å². The number of para-hydroxylation sites is 1. The van der Waals surface area contributed by atoms with Crippen LogP contribution in [0.15, 0.2) is 29.3 Å². The maximum Gasteiger partial charge on any atom is 0.373 e. The molecule has 0 saturated carbocycles. The number of carboxylic acid groups (broad SMARTS) is 1. The summed E-state index contributed by atoms with van der Waals surface area (Å²) in [5, 5.41) is 19.2. The topological polar surface area (TPSA) is 83.3 Å². The summed E-state index contributed by atoms with van der Waals surface area (Å²) < 4.78 is 0. The number of carboxylic acids is 1. The van der Waals surface area contributed by atoms with E-state index in [9.17, 15) is 4.79 Å². The molecule has 2 aromatic rings. The van der Waals surface area contributed by atoms with Crippen LogP contribution in [-0.2, 0) is 0 Å². The molecule has 0 amide bonds. The number of hydrogen-bond acceptors (Lipinski definition) is 5. The van der Waals surface area contributed by atoms with Gasteiger partial charge in [-0.25, -0.2) is 14.8 Å². The SMILES string of the molecule is O=C(O)c1nc(SCCCO)c2ccccc2n1. The van der Waals surface area contributed by atoms with Crippen LogP contribution in [0.5, 0.6) is 0 Å². The van der Waals surface area contributed by atoms with Gasteiger partial charge < -0.3 is 10.2 Å². The maximum atomic E-state index is 11.0. The van der Waals surface area contributed by atoms with E-state index in [1.54, 1.807) is 6.07 Å². The van der Waals surface area contributed by atoms with E-state index >= 15 is 0 Å². The van der Waals surface area contributed by atoms with Crippen molar-refractivity contribution in [2.45, 2.75) is 11.4 Å². The minimum absolute atomic E-state index is 0.113. The van der Waals surface area contributed by atoms with E-state index in [0.717, 1.165) is 5.39 Å². The number of benzene rings is 1. The third-order valence-electron chi connectivity index (χ3n) is 2.30. The van der Waals surface area contributed by atoms with Crippen LogP contribution in [0, 0.1) is 0 Å². The number of aliphatic hydroxyl groups excluding tert-OH is 1. The zero-order chi connectivity index (χ0) is 13.0. The van der Waals surface area contributed by atoms with Crippen LogP contribution in [0.1, 0.15) is 17.0 Å². The third kappa shape index (κ3) is 2.77. The summed E-state index contributed by atoms with van der Waals surface area (Å²) in [7, 11) is 0. The predicted octanol–water partition coefficient (Wildman–Crippen LogP) is 1.80. The van der Waals surface area contributed by atoms with Gasteiger partial charge >= 0.3 is 5.97 Å². The molecular formula is C12H12N2O3S. The molecule has 5 nitrogen and oxygen atoms in total. The van der Waals surface area contributed by atoms with Crippen molar-refractivity contribution < 1.29 is 15.0 Å². The summed E-state index contributed by atoms with van der Waals surface area (Å²) in [4.78, 5) is 19.0. The minimum Gasteiger partial charge on any atom is -0.475 e. The quantitative estimate of drug-likeness (QED) is 0.487. The molecule has 1 aromatic heterocycles. The van der Waals surface area contributed by atoms with Crippen LogP contribution in [0.2, 0.25) is 0 Å². The van der Waals surface area contributed by atoms with E-state index in [-0.39, 0.29) is 12.4 Å². The third-order valence-corrected chi connectivity index (χ3v) is 3.38. The molecule has 0 aliphatic heterocycles. The average molecular weight is 264 g/mol. The number of thioether (sulfide) groups is 1. The fraction of sp³-hybridized carbons (Fsp3) is 0.250. The molecule has 18 heavy (non-hydrogen) atoms. The zero-order valence-electron chi connectivity index (χ0n) is 9.54. The predicted molar refractivity (Wildman–Crippen MR) is 68.9 cm³/mol. The normalized spacial score (nSPS) is 10.7. The number of carbonyl (C=O) groups is 1. The Balaban J connectivity index is 2.43. The number of rotatable bonds is 5. The van der Waals surface area contributed by atoms with Crippen molar-refractivity contribution in [2.75, 3.05) is 12.4 Å². The summed E-state index contributed by atoms with van der Waals surface area (Å²) in [5.74, 6) is -0.638. The van der Waals surface area contributed by atoms with Gasteiger partial charge in [-0.1, -0.05) is 18.2 Å². The van der Waals surface area contributed by atoms with E-state index in [1.165, 1.54) is 11.8 Å². The van der Waals surface area contributed by atoms with Crippen LogP contribution in [0.25, 0.3) is 10.9 Å². The molecular weight excluding hydrogens is 252 g/mol. The molecule has 6 heteroatoms. The van der Waals surface area contributed by atoms with Gasteiger partial charge in [0, 0.05) is 17.7 Å². The van der Waals surface area contributed by atoms with Crippen LogP contribution >= 0.6 is 11.8 Å². The van der Waals surface area contributed by atoms with Gasteiger partial charge in [0.05, 0.1) is 5.52 Å². The fourth-order valence-corrected chi connectivity index (χ4v) is 2.43. The number of fused-ring (bicyclic) bond motifs is 1. The molecule has 0 aliphatic carbocycles. The first-order valence-electron chi connectivity index (χ1n) is 5.46. The molecule has 0 aliphatic rings. The first-order valence-corrected chi connectivity index (χ1v) is 6.44. The second-order valence-corrected chi connectivity index (χ2v) is 4.68. The van der Waals surface area contributed by atoms with Crippen molar-refractivity contribution in [1.82, 2.24) is 9.97 Å². The smallest absolute Gasteiger partial charge is 0.373 e. The average Bonchev–Trinajstić information content (AvgIpc) is 2.38. The van der Waals surface area contributed by atoms with Gasteiger partial charge in [-0.05, 0) is 12.5 Å². The summed E-state index contributed by atoms with van der Waals surface area (Å²) in [6.45, 7) is 0.113. The van der Waals surface area contributed by atoms with E-state index in [0.29, 0.717) is 22.7 Å². The number of aromatic nitrogens is 2. The Morgan fingerprint density at radius 1 is 1.28 bits per heavy atom. The molecule has 0 unspecified atom stereocenters. The first kappa shape index (κ1) is 12.8. The number of nitrogens with zero attached hydrogens (tertiary/aromatic N) is 2. The van der Waals surface area contributed by atoms with Crippen LogP contribution < -0.4 is 0 Å². The molecule has 0 saturated heterocycles. The summed E-state index contributed by atoms with van der Waals surface area (Å²) in [5.41, 5.74) is 0.622. The van der Waals surface area contributed by atoms with Gasteiger partial charge in [-0.15, -0.1) is 11.8 Å². The van der Waals surface area contributed by atoms with E-state index in [2.05, 4.69) is 9.97 Å². The fourth-order valence-electron chi connectivity index (χ4n) is 1.49. The lowest BCUT2D eigenvalue weighted by atomic mass is 10.2. The van der Waals surface area contributed by atoms with Gasteiger partial charge in [0.1, 0.15) is 5.03 Å². The van der Waals surface area contributed by atoms with Crippen molar-refractivity contribution in [3.8, 4) is 0 Å². The molecule has 1 heterocycles. The Bertz CT molecular complexity index is 574. The Kier molecular flexibility index (Phi) is 4.11. The van der Waals surface area contributed by atoms with Crippen LogP contribution in [0.3, 0.4) is 0 Å². The van der Waals surface area contributed by atoms with Crippen LogP contribution in [0.4, 0.5) is 0 Å². The lowest BCUT2D eigenvalue weighted by Crippen LogP contribution is -2.05. The molecule has 0 radical (unpaired) electrons. The summed E-state index contributed by atoms with van der Waals surface area (Å²) >= 11 is 1.43. The highest BCUT2D eigenvalue weighted by Gasteiger charge is 2.12. The molecule has 0 spiro atoms. The highest BCUT2D eigenvalue weighted by Crippen LogP contribution is 2.25. The zero-order valence-corrected chi connectivity index (χ0v) is 10.4. The highest BCUT2D eigenvalue weighted by atomic mass is 32.2. The number of aliphatic hydroxyl groups is 1. The van der Waals surface area contributed by atoms with Crippen molar-refractivity contribution in [2.24, 2.45) is 0 Å². The maximum absolute atomic E-state index is 11.0. The second kappa shape index (κ2) is 5.79. The van der Waals surface area contributed by atoms with E-state index in [4.69, 9.17) is 10.2 Å². The Morgan fingerprint density at radius 2 is 2.06 bits per heavy atom. The largest absolute Gasteiger partial charge is 0.475 e. The first-order chi connectivity index (χ1) is 8.72. The lowest BCUT2D eigenvalue weighted by molar-refractivity contribution is 0.0683. The molecule has 0 fully saturated rings. The van der Waals surface area contributed by atoms with E-state index in [1.807, 2.05) is 18.2 Å². The van der Waals surface area contributed by atoms with Crippen molar-refractivity contribution in [3.63, 3.8) is 0 Å². The molecule has 94 valence electrons. The minimum atomic E-state index is -1.13. The van der Waals surface area contributed by atoms with Crippen molar-refractivity contribution in [1.29, 1.82) is 0 Å². The Labute approximate surface area is 108 Å². The standard InChI is InChI=1S/C12H12N2O3S/c15-6-3-7-18-11-8-4-1-2-5-9(8)13-10(14-11)12(16)17/h1-2,4-5,15H,3,6-7H2,(H,16,17).